The summed E-state index contributed by atoms with van der Waals surface area (Å²) in [5.74, 6) is -0.329. The molecule has 6 nitrogen and oxygen atoms in total. The SMILES string of the molecule is CCOC(=O)c1cccc(NCCC(C(=O)O[C@H]2CN3CCC2CC3)c2csc3ccccc23)c1. The lowest BCUT2D eigenvalue weighted by atomic mass is 9.85. The van der Waals surface area contributed by atoms with Gasteiger partial charge in [0, 0.05) is 23.5 Å². The fraction of sp³-hybridized carbons (Fsp3) is 0.429. The highest BCUT2D eigenvalue weighted by atomic mass is 32.1. The number of carbonyl (C=O) groups is 2. The van der Waals surface area contributed by atoms with Crippen LogP contribution in [0.1, 0.15) is 48.0 Å². The van der Waals surface area contributed by atoms with Crippen molar-refractivity contribution in [2.24, 2.45) is 5.92 Å². The van der Waals surface area contributed by atoms with Crippen LogP contribution in [0.2, 0.25) is 0 Å². The van der Waals surface area contributed by atoms with E-state index in [2.05, 4.69) is 27.7 Å². The second-order valence-corrected chi connectivity index (χ2v) is 10.3. The number of fused-ring (bicyclic) bond motifs is 4. The molecule has 2 atom stereocenters. The smallest absolute Gasteiger partial charge is 0.338 e. The lowest BCUT2D eigenvalue weighted by Crippen LogP contribution is -2.52. The molecule has 3 aliphatic heterocycles. The van der Waals surface area contributed by atoms with Crippen molar-refractivity contribution < 1.29 is 19.1 Å². The molecule has 1 N–H and O–H groups in total. The molecule has 1 aromatic heterocycles. The van der Waals surface area contributed by atoms with Crippen molar-refractivity contribution in [3.8, 4) is 0 Å². The number of carbonyl (C=O) groups excluding carboxylic acids is 2. The Morgan fingerprint density at radius 1 is 1.14 bits per heavy atom. The van der Waals surface area contributed by atoms with Crippen LogP contribution >= 0.6 is 11.3 Å². The predicted molar refractivity (Wildman–Crippen MR) is 139 cm³/mol. The number of benzene rings is 2. The minimum absolute atomic E-state index is 0.00776. The van der Waals surface area contributed by atoms with E-state index in [-0.39, 0.29) is 24.0 Å². The van der Waals surface area contributed by atoms with Crippen molar-refractivity contribution in [3.63, 3.8) is 0 Å². The summed E-state index contributed by atoms with van der Waals surface area (Å²) in [6.07, 6.45) is 2.82. The van der Waals surface area contributed by atoms with Gasteiger partial charge in [0.2, 0.25) is 0 Å². The average molecular weight is 493 g/mol. The summed E-state index contributed by atoms with van der Waals surface area (Å²) in [7, 11) is 0. The standard InChI is InChI=1S/C28H32N2O4S/c1-2-33-27(31)20-6-5-7-21(16-20)29-13-10-23(24-18-35-26-9-4-3-8-22(24)26)28(32)34-25-17-30-14-11-19(25)12-15-30/h3-9,16,18-19,23,25,29H,2,10-15,17H2,1H3/t23?,25-/m0/s1. The molecule has 0 aliphatic carbocycles. The second kappa shape index (κ2) is 10.8. The highest BCUT2D eigenvalue weighted by Crippen LogP contribution is 2.36. The number of rotatable bonds is 9. The molecule has 0 radical (unpaired) electrons. The van der Waals surface area contributed by atoms with Gasteiger partial charge in [-0.25, -0.2) is 4.79 Å². The average Bonchev–Trinajstić information content (AvgIpc) is 3.31. The maximum atomic E-state index is 13.6. The molecule has 3 saturated heterocycles. The number of ether oxygens (including phenoxy) is 2. The monoisotopic (exact) mass is 492 g/mol. The van der Waals surface area contributed by atoms with Crippen molar-refractivity contribution in [1.82, 2.24) is 4.90 Å². The minimum atomic E-state index is -0.345. The molecule has 1 unspecified atom stereocenters. The summed E-state index contributed by atoms with van der Waals surface area (Å²) in [6.45, 7) is 5.80. The van der Waals surface area contributed by atoms with Crippen LogP contribution in [0.25, 0.3) is 10.1 Å². The molecule has 7 heteroatoms. The maximum absolute atomic E-state index is 13.6. The van der Waals surface area contributed by atoms with E-state index < -0.39 is 0 Å². The van der Waals surface area contributed by atoms with Crippen LogP contribution in [0.15, 0.2) is 53.9 Å². The van der Waals surface area contributed by atoms with Crippen molar-refractivity contribution in [1.29, 1.82) is 0 Å². The molecule has 2 aromatic carbocycles. The van der Waals surface area contributed by atoms with Gasteiger partial charge in [-0.3, -0.25) is 9.69 Å². The van der Waals surface area contributed by atoms with Crippen LogP contribution in [0.5, 0.6) is 0 Å². The van der Waals surface area contributed by atoms with E-state index in [9.17, 15) is 9.59 Å². The first-order valence-electron chi connectivity index (χ1n) is 12.5. The first kappa shape index (κ1) is 23.8. The highest BCUT2D eigenvalue weighted by molar-refractivity contribution is 7.17. The molecule has 0 amide bonds. The van der Waals surface area contributed by atoms with Gasteiger partial charge in [-0.15, -0.1) is 11.3 Å². The zero-order chi connectivity index (χ0) is 24.2. The van der Waals surface area contributed by atoms with Gasteiger partial charge in [0.25, 0.3) is 0 Å². The van der Waals surface area contributed by atoms with E-state index in [1.807, 2.05) is 24.3 Å². The predicted octanol–water partition coefficient (Wildman–Crippen LogP) is 5.30. The Bertz CT molecular complexity index is 1180. The lowest BCUT2D eigenvalue weighted by molar-refractivity contribution is -0.160. The fourth-order valence-corrected chi connectivity index (χ4v) is 6.29. The summed E-state index contributed by atoms with van der Waals surface area (Å²) in [4.78, 5) is 28.0. The van der Waals surface area contributed by atoms with Gasteiger partial charge in [0.05, 0.1) is 18.1 Å². The molecule has 3 aromatic rings. The van der Waals surface area contributed by atoms with E-state index in [0.29, 0.717) is 31.1 Å². The number of hydrogen-bond donors (Lipinski definition) is 1. The Balaban J connectivity index is 1.31. The van der Waals surface area contributed by atoms with Gasteiger partial charge in [-0.05, 0) is 85.8 Å². The van der Waals surface area contributed by atoms with Gasteiger partial charge in [-0.2, -0.15) is 0 Å². The number of thiophene rings is 1. The number of nitrogens with one attached hydrogen (secondary N) is 1. The molecule has 184 valence electrons. The molecular weight excluding hydrogens is 460 g/mol. The Hall–Kier alpha value is -2.90. The third kappa shape index (κ3) is 5.36. The number of anilines is 1. The van der Waals surface area contributed by atoms with Crippen LogP contribution in [0, 0.1) is 5.92 Å². The Labute approximate surface area is 210 Å². The van der Waals surface area contributed by atoms with Crippen LogP contribution in [0.3, 0.4) is 0 Å². The van der Waals surface area contributed by atoms with Gasteiger partial charge in [0.15, 0.2) is 0 Å². The van der Waals surface area contributed by atoms with Crippen molar-refractivity contribution in [2.45, 2.75) is 38.2 Å². The quantitative estimate of drug-likeness (QED) is 0.409. The second-order valence-electron chi connectivity index (χ2n) is 9.37. The molecule has 35 heavy (non-hydrogen) atoms. The Kier molecular flexibility index (Phi) is 7.35. The summed E-state index contributed by atoms with van der Waals surface area (Å²) < 4.78 is 12.5. The summed E-state index contributed by atoms with van der Waals surface area (Å²) in [5.41, 5.74) is 2.38. The van der Waals surface area contributed by atoms with E-state index in [1.54, 1.807) is 30.4 Å². The number of esters is 2. The first-order valence-corrected chi connectivity index (χ1v) is 13.4. The largest absolute Gasteiger partial charge is 0.462 e. The van der Waals surface area contributed by atoms with Crippen molar-refractivity contribution in [2.75, 3.05) is 38.1 Å². The highest BCUT2D eigenvalue weighted by Gasteiger charge is 2.38. The number of piperidine rings is 3. The Morgan fingerprint density at radius 2 is 1.97 bits per heavy atom. The van der Waals surface area contributed by atoms with Gasteiger partial charge in [0.1, 0.15) is 6.10 Å². The first-order chi connectivity index (χ1) is 17.1. The molecular formula is C28H32N2O4S. The van der Waals surface area contributed by atoms with E-state index in [0.717, 1.165) is 49.1 Å². The van der Waals surface area contributed by atoms with Crippen molar-refractivity contribution >= 4 is 39.0 Å². The molecule has 3 fully saturated rings. The van der Waals surface area contributed by atoms with E-state index >= 15 is 0 Å². The molecule has 0 spiro atoms. The zero-order valence-electron chi connectivity index (χ0n) is 20.1. The molecule has 6 rings (SSSR count). The van der Waals surface area contributed by atoms with Crippen molar-refractivity contribution in [3.05, 3.63) is 65.0 Å². The Morgan fingerprint density at radius 3 is 2.74 bits per heavy atom. The van der Waals surface area contributed by atoms with E-state index in [1.165, 1.54) is 4.70 Å². The summed E-state index contributed by atoms with van der Waals surface area (Å²) in [5, 5.41) is 6.62. The molecule has 2 bridgehead atoms. The number of hydrogen-bond acceptors (Lipinski definition) is 7. The summed E-state index contributed by atoms with van der Waals surface area (Å²) >= 11 is 1.67. The maximum Gasteiger partial charge on any atom is 0.338 e. The molecule has 0 saturated carbocycles. The topological polar surface area (TPSA) is 67.9 Å². The van der Waals surface area contributed by atoms with Crippen LogP contribution < -0.4 is 5.32 Å². The number of nitrogens with zero attached hydrogens (tertiary/aromatic N) is 1. The minimum Gasteiger partial charge on any atom is -0.462 e. The van der Waals surface area contributed by atoms with Crippen LogP contribution in [0.4, 0.5) is 5.69 Å². The lowest BCUT2D eigenvalue weighted by Gasteiger charge is -2.44. The third-order valence-electron chi connectivity index (χ3n) is 7.17. The van der Waals surface area contributed by atoms with Crippen LogP contribution in [-0.2, 0) is 14.3 Å². The van der Waals surface area contributed by atoms with Gasteiger partial charge >= 0.3 is 11.9 Å². The van der Waals surface area contributed by atoms with Gasteiger partial charge < -0.3 is 14.8 Å². The fourth-order valence-electron chi connectivity index (χ4n) is 5.28. The normalized spacial score (nSPS) is 22.0. The van der Waals surface area contributed by atoms with Gasteiger partial charge in [-0.1, -0.05) is 24.3 Å². The molecule has 3 aliphatic rings. The summed E-state index contributed by atoms with van der Waals surface area (Å²) in [6, 6.07) is 15.5. The zero-order valence-corrected chi connectivity index (χ0v) is 20.9. The molecule has 4 heterocycles. The third-order valence-corrected chi connectivity index (χ3v) is 8.15. The van der Waals surface area contributed by atoms with E-state index in [4.69, 9.17) is 9.47 Å². The van der Waals surface area contributed by atoms with Crippen LogP contribution in [-0.4, -0.2) is 55.7 Å².